The molecule has 1 heterocycles. The predicted molar refractivity (Wildman–Crippen MR) is 79.2 cm³/mol. The first kappa shape index (κ1) is 21.8. The molecule has 0 unspecified atom stereocenters. The third kappa shape index (κ3) is 7.15. The standard InChI is InChI=1S/C11H22N.C5H7O.Y/c1-9-7-10(2,3)12(6)11(4,5)8-9;1-3-5(2)4-6;/h7-8H2,1-6H3;3H,1-2H3;/q2*-1;/b;5-3+;. The van der Waals surface area contributed by atoms with Crippen LogP contribution in [0, 0.1) is 5.92 Å². The summed E-state index contributed by atoms with van der Waals surface area (Å²) in [6.07, 6.45) is 5.93. The van der Waals surface area contributed by atoms with E-state index >= 15 is 0 Å². The van der Waals surface area contributed by atoms with Crippen LogP contribution >= 0.6 is 0 Å². The van der Waals surface area contributed by atoms with Gasteiger partial charge in [-0.3, -0.25) is 0 Å². The zero-order valence-corrected chi connectivity index (χ0v) is 16.8. The molecule has 1 aliphatic rings. The fourth-order valence-corrected chi connectivity index (χ4v) is 2.65. The fourth-order valence-electron chi connectivity index (χ4n) is 2.65. The molecule has 0 atom stereocenters. The minimum atomic E-state index is 0. The van der Waals surface area contributed by atoms with Crippen molar-refractivity contribution >= 4 is 6.29 Å². The van der Waals surface area contributed by atoms with Crippen LogP contribution in [0.4, 0.5) is 0 Å². The Labute approximate surface area is 145 Å². The number of rotatable bonds is 1. The van der Waals surface area contributed by atoms with Gasteiger partial charge in [-0.05, 0) is 52.1 Å². The van der Waals surface area contributed by atoms with Crippen molar-refractivity contribution in [2.75, 3.05) is 7.05 Å². The van der Waals surface area contributed by atoms with Crippen molar-refractivity contribution < 1.29 is 37.5 Å². The van der Waals surface area contributed by atoms with E-state index in [1.165, 1.54) is 12.8 Å². The third-order valence-electron chi connectivity index (χ3n) is 3.88. The van der Waals surface area contributed by atoms with Crippen LogP contribution in [-0.2, 0) is 37.5 Å². The van der Waals surface area contributed by atoms with E-state index < -0.39 is 0 Å². The molecule has 0 saturated carbocycles. The van der Waals surface area contributed by atoms with E-state index in [9.17, 15) is 4.79 Å². The van der Waals surface area contributed by atoms with Crippen molar-refractivity contribution in [3.63, 3.8) is 0 Å². The second-order valence-electron chi connectivity index (χ2n) is 6.57. The summed E-state index contributed by atoms with van der Waals surface area (Å²) >= 11 is 0. The molecule has 0 N–H and O–H groups in total. The molecule has 19 heavy (non-hydrogen) atoms. The maximum atomic E-state index is 9.54. The smallest absolute Gasteiger partial charge is 0 e. The van der Waals surface area contributed by atoms with E-state index in [1.54, 1.807) is 32.1 Å². The van der Waals surface area contributed by atoms with Crippen molar-refractivity contribution in [1.29, 1.82) is 0 Å². The number of hydrogen-bond donors (Lipinski definition) is 0. The summed E-state index contributed by atoms with van der Waals surface area (Å²) < 4.78 is 0. The monoisotopic (exact) mass is 340 g/mol. The summed E-state index contributed by atoms with van der Waals surface area (Å²) in [7, 11) is 2.24. The van der Waals surface area contributed by atoms with E-state index in [0.717, 1.165) is 0 Å². The van der Waals surface area contributed by atoms with E-state index in [0.29, 0.717) is 16.7 Å². The molecule has 1 rings (SSSR count). The molecule has 0 aromatic carbocycles. The van der Waals surface area contributed by atoms with Crippen LogP contribution in [0.1, 0.15) is 61.3 Å². The number of hydrogen-bond acceptors (Lipinski definition) is 2. The molecule has 3 heteroatoms. The quantitative estimate of drug-likeness (QED) is 0.533. The molecular formula is C16H29NOY-2. The maximum Gasteiger partial charge on any atom is 0 e. The Hall–Kier alpha value is 0.474. The molecule has 1 radical (unpaired) electrons. The van der Waals surface area contributed by atoms with Gasteiger partial charge in [0, 0.05) is 32.7 Å². The number of allylic oxidation sites excluding steroid dienone is 2. The first-order valence-corrected chi connectivity index (χ1v) is 6.63. The SMILES string of the molecule is C/C=C(\C)[C-]=O.C[C-]1CC(C)(C)N(C)C(C)(C)C1.[Y]. The predicted octanol–water partition coefficient (Wildman–Crippen LogP) is 3.92. The summed E-state index contributed by atoms with van der Waals surface area (Å²) in [6.45, 7) is 15.1. The van der Waals surface area contributed by atoms with Gasteiger partial charge < -0.3 is 15.6 Å². The molecule has 2 nitrogen and oxygen atoms in total. The minimum absolute atomic E-state index is 0. The Kier molecular flexibility index (Phi) is 9.96. The van der Waals surface area contributed by atoms with Crippen LogP contribution in [-0.4, -0.2) is 29.3 Å². The van der Waals surface area contributed by atoms with Gasteiger partial charge >= 0.3 is 0 Å². The van der Waals surface area contributed by atoms with Crippen LogP contribution in [0.2, 0.25) is 0 Å². The first-order chi connectivity index (χ1) is 8.06. The van der Waals surface area contributed by atoms with Gasteiger partial charge in [0.25, 0.3) is 0 Å². The van der Waals surface area contributed by atoms with Gasteiger partial charge in [-0.25, -0.2) is 6.08 Å². The van der Waals surface area contributed by atoms with Gasteiger partial charge in [0.05, 0.1) is 0 Å². The van der Waals surface area contributed by atoms with Crippen molar-refractivity contribution in [2.24, 2.45) is 0 Å². The molecule has 0 aromatic heterocycles. The molecule has 0 aromatic rings. The van der Waals surface area contributed by atoms with Crippen molar-refractivity contribution in [2.45, 2.75) is 72.4 Å². The second kappa shape index (κ2) is 8.69. The summed E-state index contributed by atoms with van der Waals surface area (Å²) in [4.78, 5) is 12.0. The fraction of sp³-hybridized carbons (Fsp3) is 0.750. The Morgan fingerprint density at radius 3 is 1.79 bits per heavy atom. The maximum absolute atomic E-state index is 9.54. The topological polar surface area (TPSA) is 20.3 Å². The van der Waals surface area contributed by atoms with Crippen molar-refractivity contribution in [1.82, 2.24) is 4.90 Å². The largest absolute Gasteiger partial charge is 0.419 e. The van der Waals surface area contributed by atoms with Crippen molar-refractivity contribution in [3.05, 3.63) is 17.6 Å². The van der Waals surface area contributed by atoms with Crippen LogP contribution in [0.25, 0.3) is 0 Å². The summed E-state index contributed by atoms with van der Waals surface area (Å²) in [5.41, 5.74) is 1.34. The Morgan fingerprint density at radius 2 is 1.58 bits per heavy atom. The zero-order valence-electron chi connectivity index (χ0n) is 13.9. The Bertz CT molecular complexity index is 290. The molecule has 1 fully saturated rings. The van der Waals surface area contributed by atoms with Gasteiger partial charge in [0.2, 0.25) is 0 Å². The van der Waals surface area contributed by atoms with Gasteiger partial charge in [0.15, 0.2) is 0 Å². The Morgan fingerprint density at radius 1 is 1.21 bits per heavy atom. The average molecular weight is 340 g/mol. The van der Waals surface area contributed by atoms with Gasteiger partial charge in [0.1, 0.15) is 0 Å². The van der Waals surface area contributed by atoms with Crippen LogP contribution in [0.3, 0.4) is 0 Å². The first-order valence-electron chi connectivity index (χ1n) is 6.63. The zero-order chi connectivity index (χ0) is 14.6. The summed E-state index contributed by atoms with van der Waals surface area (Å²) in [6, 6.07) is 0. The number of piperidine rings is 1. The van der Waals surface area contributed by atoms with Crippen molar-refractivity contribution in [3.8, 4) is 0 Å². The van der Waals surface area contributed by atoms with E-state index in [2.05, 4.69) is 46.6 Å². The number of carbonyl (C=O) groups excluding carboxylic acids is 1. The normalized spacial score (nSPS) is 22.8. The summed E-state index contributed by atoms with van der Waals surface area (Å²) in [5, 5.41) is 0. The van der Waals surface area contributed by atoms with Gasteiger partial charge in [-0.1, -0.05) is 6.92 Å². The Balaban J connectivity index is 0. The van der Waals surface area contributed by atoms with E-state index in [4.69, 9.17) is 0 Å². The number of likely N-dealkylation sites (tertiary alicyclic amines) is 1. The van der Waals surface area contributed by atoms with Crippen LogP contribution in [0.5, 0.6) is 0 Å². The molecule has 1 saturated heterocycles. The van der Waals surface area contributed by atoms with Crippen LogP contribution < -0.4 is 0 Å². The van der Waals surface area contributed by atoms with Gasteiger partial charge in [-0.2, -0.15) is 25.3 Å². The van der Waals surface area contributed by atoms with E-state index in [1.807, 2.05) is 0 Å². The second-order valence-corrected chi connectivity index (χ2v) is 6.57. The molecule has 0 aliphatic carbocycles. The molecule has 0 spiro atoms. The average Bonchev–Trinajstić information content (AvgIpc) is 2.24. The van der Waals surface area contributed by atoms with E-state index in [-0.39, 0.29) is 32.7 Å². The molecule has 0 amide bonds. The molecule has 109 valence electrons. The van der Waals surface area contributed by atoms with Gasteiger partial charge in [-0.15, -0.1) is 6.92 Å². The number of nitrogens with zero attached hydrogens (tertiary/aromatic N) is 1. The molecular weight excluding hydrogens is 311 g/mol. The molecule has 0 bridgehead atoms. The minimum Gasteiger partial charge on any atom is -0.419 e. The third-order valence-corrected chi connectivity index (χ3v) is 3.88. The molecule has 1 aliphatic heterocycles. The summed E-state index contributed by atoms with van der Waals surface area (Å²) in [5.74, 6) is 1.64. The van der Waals surface area contributed by atoms with Crippen LogP contribution in [0.15, 0.2) is 11.6 Å².